The summed E-state index contributed by atoms with van der Waals surface area (Å²) in [5.41, 5.74) is 0.899. The Morgan fingerprint density at radius 1 is 1.19 bits per heavy atom. The van der Waals surface area contributed by atoms with Crippen LogP contribution in [0, 0.1) is 24.2 Å². The van der Waals surface area contributed by atoms with Gasteiger partial charge in [0, 0.05) is 25.1 Å². The van der Waals surface area contributed by atoms with Gasteiger partial charge in [-0.2, -0.15) is 5.26 Å². The van der Waals surface area contributed by atoms with E-state index in [4.69, 9.17) is 14.2 Å². The number of piperidine rings is 1. The second kappa shape index (κ2) is 10.4. The molecule has 1 fully saturated rings. The van der Waals surface area contributed by atoms with Gasteiger partial charge in [0.25, 0.3) is 10.0 Å². The van der Waals surface area contributed by atoms with E-state index in [0.717, 1.165) is 0 Å². The third-order valence-corrected chi connectivity index (χ3v) is 7.38. The zero-order chi connectivity index (χ0) is 25.9. The molecule has 0 radical (unpaired) electrons. The minimum Gasteiger partial charge on any atom is -0.486 e. The van der Waals surface area contributed by atoms with Gasteiger partial charge in [0.05, 0.1) is 28.3 Å². The maximum atomic E-state index is 12.8. The maximum absolute atomic E-state index is 12.8. The monoisotopic (exact) mass is 514 g/mol. The van der Waals surface area contributed by atoms with Crippen LogP contribution in [0.5, 0.6) is 11.5 Å². The van der Waals surface area contributed by atoms with Crippen LogP contribution in [-0.2, 0) is 19.6 Å². The van der Waals surface area contributed by atoms with Crippen molar-refractivity contribution in [2.24, 2.45) is 5.92 Å². The van der Waals surface area contributed by atoms with Crippen molar-refractivity contribution < 1.29 is 32.2 Å². The fourth-order valence-electron chi connectivity index (χ4n) is 4.15. The van der Waals surface area contributed by atoms with Crippen molar-refractivity contribution in [2.45, 2.75) is 31.6 Å². The molecule has 0 saturated carbocycles. The number of amides is 1. The van der Waals surface area contributed by atoms with E-state index in [2.05, 4.69) is 15.8 Å². The molecule has 1 saturated heterocycles. The van der Waals surface area contributed by atoms with E-state index in [1.54, 1.807) is 13.8 Å². The molecule has 2 aliphatic rings. The van der Waals surface area contributed by atoms with Crippen molar-refractivity contribution in [3.8, 4) is 17.6 Å². The van der Waals surface area contributed by atoms with Crippen molar-refractivity contribution in [2.75, 3.05) is 37.8 Å². The third-order valence-electron chi connectivity index (χ3n) is 6.03. The number of anilines is 1. The lowest BCUT2D eigenvalue weighted by molar-refractivity contribution is -0.123. The van der Waals surface area contributed by atoms with Crippen LogP contribution in [0.4, 0.5) is 5.82 Å². The first-order chi connectivity index (χ1) is 17.2. The Kier molecular flexibility index (Phi) is 7.30. The van der Waals surface area contributed by atoms with Gasteiger partial charge in [-0.3, -0.25) is 4.79 Å². The Bertz CT molecular complexity index is 1330. The summed E-state index contributed by atoms with van der Waals surface area (Å²) >= 11 is 0. The number of carbonyl (C=O) groups excluding carboxylic acids is 2. The van der Waals surface area contributed by atoms with Gasteiger partial charge in [-0.1, -0.05) is 0 Å². The first-order valence-corrected chi connectivity index (χ1v) is 13.0. The van der Waals surface area contributed by atoms with Gasteiger partial charge >= 0.3 is 5.97 Å². The molecule has 1 N–H and O–H groups in total. The van der Waals surface area contributed by atoms with E-state index < -0.39 is 27.8 Å². The van der Waals surface area contributed by atoms with Crippen molar-refractivity contribution in [3.63, 3.8) is 0 Å². The molecule has 0 aliphatic carbocycles. The first-order valence-electron chi connectivity index (χ1n) is 11.5. The molecule has 190 valence electrons. The molecule has 0 bridgehead atoms. The summed E-state index contributed by atoms with van der Waals surface area (Å²) in [5.74, 6) is -0.471. The zero-order valence-corrected chi connectivity index (χ0v) is 20.8. The summed E-state index contributed by atoms with van der Waals surface area (Å²) in [6.07, 6.45) is 0.738. The quantitative estimate of drug-likeness (QED) is 0.567. The molecule has 36 heavy (non-hydrogen) atoms. The molecule has 1 amide bonds. The number of esters is 1. The normalized spacial score (nSPS) is 15.6. The number of hydrogen-bond donors (Lipinski definition) is 1. The average molecular weight is 515 g/mol. The zero-order valence-electron chi connectivity index (χ0n) is 19.9. The van der Waals surface area contributed by atoms with Gasteiger partial charge < -0.3 is 19.1 Å². The predicted octanol–water partition coefficient (Wildman–Crippen LogP) is 1.93. The number of rotatable bonds is 6. The molecule has 1 aromatic carbocycles. The van der Waals surface area contributed by atoms with Crippen LogP contribution in [0.15, 0.2) is 29.2 Å². The van der Waals surface area contributed by atoms with Gasteiger partial charge in [-0.15, -0.1) is 0 Å². The van der Waals surface area contributed by atoms with Gasteiger partial charge in [0.1, 0.15) is 25.1 Å². The van der Waals surface area contributed by atoms with Crippen LogP contribution in [0.2, 0.25) is 0 Å². The number of nitrogens with zero attached hydrogens (tertiary/aromatic N) is 3. The topological polar surface area (TPSA) is 148 Å². The molecule has 0 unspecified atom stereocenters. The fourth-order valence-corrected chi connectivity index (χ4v) is 5.21. The standard InChI is InChI=1S/C24H26N4O7S/c1-3-33-24(30)19-12-17(14-25)22(26-15(19)2)28-8-6-16(7-9-28)23(29)27-36(31,32)18-4-5-20-21(13-18)35-11-10-34-20/h4-5,12-13,16H,3,6-11H2,1-2H3,(H,27,29). The smallest absolute Gasteiger partial charge is 0.340 e. The molecule has 0 spiro atoms. The molecule has 4 rings (SSSR count). The molecule has 0 atom stereocenters. The second-order valence-electron chi connectivity index (χ2n) is 8.36. The number of hydrogen-bond acceptors (Lipinski definition) is 10. The predicted molar refractivity (Wildman–Crippen MR) is 127 cm³/mol. The van der Waals surface area contributed by atoms with E-state index in [1.807, 2.05) is 4.90 Å². The molecule has 2 aliphatic heterocycles. The Balaban J connectivity index is 1.42. The molecule has 3 heterocycles. The highest BCUT2D eigenvalue weighted by atomic mass is 32.2. The van der Waals surface area contributed by atoms with Crippen LogP contribution >= 0.6 is 0 Å². The molecular weight excluding hydrogens is 488 g/mol. The van der Waals surface area contributed by atoms with Crippen molar-refractivity contribution in [3.05, 3.63) is 41.1 Å². The SMILES string of the molecule is CCOC(=O)c1cc(C#N)c(N2CCC(C(=O)NS(=O)(=O)c3ccc4c(c3)OCCO4)CC2)nc1C. The molecule has 11 nitrogen and oxygen atoms in total. The van der Waals surface area contributed by atoms with Crippen LogP contribution in [0.1, 0.15) is 41.4 Å². The number of benzene rings is 1. The molecule has 2 aromatic rings. The highest BCUT2D eigenvalue weighted by Crippen LogP contribution is 2.32. The van der Waals surface area contributed by atoms with Crippen molar-refractivity contribution in [1.29, 1.82) is 5.26 Å². The second-order valence-corrected chi connectivity index (χ2v) is 10.0. The summed E-state index contributed by atoms with van der Waals surface area (Å²) < 4.78 is 43.6. The van der Waals surface area contributed by atoms with Crippen LogP contribution < -0.4 is 19.1 Å². The number of fused-ring (bicyclic) bond motifs is 1. The largest absolute Gasteiger partial charge is 0.486 e. The van der Waals surface area contributed by atoms with E-state index in [-0.39, 0.29) is 22.6 Å². The summed E-state index contributed by atoms with van der Waals surface area (Å²) in [4.78, 5) is 31.2. The number of aromatic nitrogens is 1. The number of nitrogens with one attached hydrogen (secondary N) is 1. The number of sulfonamides is 1. The summed E-state index contributed by atoms with van der Waals surface area (Å²) in [6.45, 7) is 5.05. The number of nitriles is 1. The van der Waals surface area contributed by atoms with Gasteiger partial charge in [0.15, 0.2) is 11.5 Å². The lowest BCUT2D eigenvalue weighted by atomic mass is 9.96. The van der Waals surface area contributed by atoms with Crippen molar-refractivity contribution >= 4 is 27.7 Å². The molecular formula is C24H26N4O7S. The lowest BCUT2D eigenvalue weighted by Gasteiger charge is -2.32. The minimum atomic E-state index is -4.09. The summed E-state index contributed by atoms with van der Waals surface area (Å²) in [5, 5.41) is 9.61. The van der Waals surface area contributed by atoms with Gasteiger partial charge in [0.2, 0.25) is 5.91 Å². The Hall–Kier alpha value is -3.85. The fraction of sp³-hybridized carbons (Fsp3) is 0.417. The van der Waals surface area contributed by atoms with Crippen molar-refractivity contribution in [1.82, 2.24) is 9.71 Å². The molecule has 12 heteroatoms. The van der Waals surface area contributed by atoms with Crippen LogP contribution in [-0.4, -0.2) is 58.2 Å². The number of pyridine rings is 1. The van der Waals surface area contributed by atoms with Gasteiger partial charge in [-0.25, -0.2) is 22.9 Å². The lowest BCUT2D eigenvalue weighted by Crippen LogP contribution is -2.42. The van der Waals surface area contributed by atoms with Crippen LogP contribution in [0.25, 0.3) is 0 Å². The Morgan fingerprint density at radius 3 is 2.56 bits per heavy atom. The highest BCUT2D eigenvalue weighted by molar-refractivity contribution is 7.90. The average Bonchev–Trinajstić information content (AvgIpc) is 2.88. The summed E-state index contributed by atoms with van der Waals surface area (Å²) in [6, 6.07) is 7.74. The Labute approximate surface area is 209 Å². The third kappa shape index (κ3) is 5.21. The minimum absolute atomic E-state index is 0.0856. The highest BCUT2D eigenvalue weighted by Gasteiger charge is 2.31. The maximum Gasteiger partial charge on any atom is 0.340 e. The van der Waals surface area contributed by atoms with E-state index in [1.165, 1.54) is 24.3 Å². The van der Waals surface area contributed by atoms with E-state index in [9.17, 15) is 23.3 Å². The van der Waals surface area contributed by atoms with E-state index in [0.29, 0.717) is 62.2 Å². The van der Waals surface area contributed by atoms with Gasteiger partial charge in [-0.05, 0) is 44.9 Å². The number of aryl methyl sites for hydroxylation is 1. The number of ether oxygens (including phenoxy) is 3. The summed E-state index contributed by atoms with van der Waals surface area (Å²) in [7, 11) is -4.09. The number of carbonyl (C=O) groups is 2. The van der Waals surface area contributed by atoms with E-state index >= 15 is 0 Å². The first kappa shape index (κ1) is 25.2. The Morgan fingerprint density at radius 2 is 1.89 bits per heavy atom. The van der Waals surface area contributed by atoms with Crippen LogP contribution in [0.3, 0.4) is 0 Å². The molecule has 1 aromatic heterocycles.